The zero-order valence-corrected chi connectivity index (χ0v) is 37.1. The van der Waals surface area contributed by atoms with E-state index in [9.17, 15) is 19.8 Å². The Balaban J connectivity index is 4.86. The first-order valence-electron chi connectivity index (χ1n) is 23.2. The van der Waals surface area contributed by atoms with E-state index in [2.05, 4.69) is 86.8 Å². The fourth-order valence-corrected chi connectivity index (χ4v) is 6.23. The van der Waals surface area contributed by atoms with Crippen molar-refractivity contribution in [3.05, 3.63) is 109 Å². The van der Waals surface area contributed by atoms with E-state index in [1.807, 2.05) is 48.6 Å². The predicted octanol–water partition coefficient (Wildman–Crippen LogP) is 13.6. The van der Waals surface area contributed by atoms with Gasteiger partial charge in [-0.1, -0.05) is 207 Å². The molecule has 1 amide bonds. The van der Waals surface area contributed by atoms with Gasteiger partial charge in [-0.2, -0.15) is 0 Å². The monoisotopic (exact) mass is 804 g/mol. The minimum absolute atomic E-state index is 0.0237. The van der Waals surface area contributed by atoms with Gasteiger partial charge in [-0.3, -0.25) is 9.59 Å². The summed E-state index contributed by atoms with van der Waals surface area (Å²) in [5.74, 6) is -0.640. The van der Waals surface area contributed by atoms with E-state index in [0.29, 0.717) is 19.3 Å². The molecule has 0 rings (SSSR count). The van der Waals surface area contributed by atoms with E-state index in [1.165, 1.54) is 51.4 Å². The van der Waals surface area contributed by atoms with Crippen molar-refractivity contribution >= 4 is 11.9 Å². The molecule has 6 nitrogen and oxygen atoms in total. The summed E-state index contributed by atoms with van der Waals surface area (Å²) in [7, 11) is 0. The average molecular weight is 804 g/mol. The average Bonchev–Trinajstić information content (AvgIpc) is 3.22. The summed E-state index contributed by atoms with van der Waals surface area (Å²) in [6.45, 7) is 6.15. The van der Waals surface area contributed by atoms with Crippen LogP contribution in [-0.4, -0.2) is 46.9 Å². The van der Waals surface area contributed by atoms with Gasteiger partial charge in [0, 0.05) is 12.8 Å². The summed E-state index contributed by atoms with van der Waals surface area (Å²) in [5, 5.41) is 23.6. The van der Waals surface area contributed by atoms with Gasteiger partial charge in [0.2, 0.25) is 5.91 Å². The fourth-order valence-electron chi connectivity index (χ4n) is 6.23. The highest BCUT2D eigenvalue weighted by Crippen LogP contribution is 2.15. The van der Waals surface area contributed by atoms with E-state index < -0.39 is 18.2 Å². The molecule has 0 aliphatic rings. The summed E-state index contributed by atoms with van der Waals surface area (Å²) in [5.41, 5.74) is 0. The molecule has 0 saturated heterocycles. The van der Waals surface area contributed by atoms with Crippen LogP contribution in [0, 0.1) is 0 Å². The van der Waals surface area contributed by atoms with Crippen molar-refractivity contribution in [2.24, 2.45) is 0 Å². The van der Waals surface area contributed by atoms with Crippen molar-refractivity contribution in [3.63, 3.8) is 0 Å². The van der Waals surface area contributed by atoms with Crippen molar-refractivity contribution in [1.29, 1.82) is 0 Å². The van der Waals surface area contributed by atoms with Crippen LogP contribution < -0.4 is 5.32 Å². The van der Waals surface area contributed by atoms with Crippen LogP contribution in [0.2, 0.25) is 0 Å². The Bertz CT molecular complexity index is 1220. The Hall–Kier alpha value is -3.48. The maximum Gasteiger partial charge on any atom is 0.306 e. The molecule has 0 bridgehead atoms. The molecule has 0 spiro atoms. The number of unbranched alkanes of at least 4 members (excludes halogenated alkanes) is 13. The highest BCUT2D eigenvalue weighted by molar-refractivity contribution is 5.77. The Morgan fingerprint density at radius 3 is 1.59 bits per heavy atom. The predicted molar refractivity (Wildman–Crippen MR) is 250 cm³/mol. The van der Waals surface area contributed by atoms with Gasteiger partial charge in [0.05, 0.1) is 25.2 Å². The van der Waals surface area contributed by atoms with E-state index in [-0.39, 0.29) is 24.9 Å². The van der Waals surface area contributed by atoms with Gasteiger partial charge in [-0.25, -0.2) is 0 Å². The molecule has 0 heterocycles. The first-order chi connectivity index (χ1) is 28.5. The molecular weight excluding hydrogens is 719 g/mol. The van der Waals surface area contributed by atoms with E-state index >= 15 is 0 Å². The first kappa shape index (κ1) is 54.5. The number of amides is 1. The summed E-state index contributed by atoms with van der Waals surface area (Å²) in [6, 6.07) is -0.746. The molecule has 0 aromatic rings. The lowest BCUT2D eigenvalue weighted by atomic mass is 10.0. The van der Waals surface area contributed by atoms with Gasteiger partial charge in [-0.05, 0) is 64.2 Å². The van der Waals surface area contributed by atoms with Gasteiger partial charge >= 0.3 is 5.97 Å². The largest absolute Gasteiger partial charge is 0.461 e. The Labute approximate surface area is 356 Å². The van der Waals surface area contributed by atoms with Gasteiger partial charge in [0.15, 0.2) is 0 Å². The number of ether oxygens (including phenoxy) is 1. The molecular formula is C52H85NO5. The number of rotatable bonds is 39. The first-order valence-corrected chi connectivity index (χ1v) is 23.2. The van der Waals surface area contributed by atoms with Crippen LogP contribution >= 0.6 is 0 Å². The Morgan fingerprint density at radius 2 is 1.03 bits per heavy atom. The maximum absolute atomic E-state index is 13.1. The van der Waals surface area contributed by atoms with Crippen molar-refractivity contribution < 1.29 is 24.5 Å². The number of hydrogen-bond acceptors (Lipinski definition) is 5. The topological polar surface area (TPSA) is 95.9 Å². The van der Waals surface area contributed by atoms with Crippen molar-refractivity contribution in [2.75, 3.05) is 6.61 Å². The second-order valence-corrected chi connectivity index (χ2v) is 15.1. The van der Waals surface area contributed by atoms with Crippen molar-refractivity contribution in [1.82, 2.24) is 5.32 Å². The number of carbonyl (C=O) groups excluding carboxylic acids is 2. The fraction of sp³-hybridized carbons (Fsp3) is 0.615. The van der Waals surface area contributed by atoms with Gasteiger partial charge in [-0.15, -0.1) is 0 Å². The summed E-state index contributed by atoms with van der Waals surface area (Å²) in [4.78, 5) is 26.0. The minimum atomic E-state index is -0.824. The van der Waals surface area contributed by atoms with Crippen LogP contribution in [0.3, 0.4) is 0 Å². The lowest BCUT2D eigenvalue weighted by molar-refractivity contribution is -0.150. The number of hydrogen-bond donors (Lipinski definition) is 3. The molecule has 0 saturated carbocycles. The molecule has 3 N–H and O–H groups in total. The Kier molecular flexibility index (Phi) is 41.9. The number of esters is 1. The smallest absolute Gasteiger partial charge is 0.306 e. The molecule has 0 radical (unpaired) electrons. The van der Waals surface area contributed by atoms with Gasteiger partial charge in [0.1, 0.15) is 6.10 Å². The molecule has 58 heavy (non-hydrogen) atoms. The number of aliphatic hydroxyl groups excluding tert-OH is 2. The standard InChI is InChI=1S/C52H85NO5/c1-4-7-10-13-16-19-22-24-25-27-29-31-34-37-40-43-48(58-52(57)45-42-39-36-33-30-26-23-20-17-14-11-8-5-2)46-51(56)53-49(47-54)50(55)44-41-38-35-32-28-21-18-15-12-9-6-3/h7-8,10-11,14,16-17,19-20,23-26,29-31,37,40,48-50,54-55H,4-6,9,12-13,15,18,21-22,27-28,32-36,38-39,41-47H2,1-3H3,(H,53,56)/b10-7-,11-8+,17-14+,19-16-,23-20-,25-24-,30-26-,31-29-,40-37-. The van der Waals surface area contributed by atoms with E-state index in [0.717, 1.165) is 83.5 Å². The van der Waals surface area contributed by atoms with E-state index in [4.69, 9.17) is 4.74 Å². The zero-order chi connectivity index (χ0) is 42.4. The minimum Gasteiger partial charge on any atom is -0.461 e. The number of nitrogens with one attached hydrogen (secondary N) is 1. The van der Waals surface area contributed by atoms with Crippen molar-refractivity contribution in [3.8, 4) is 0 Å². The quantitative estimate of drug-likeness (QED) is 0.0249. The highest BCUT2D eigenvalue weighted by Gasteiger charge is 2.23. The summed E-state index contributed by atoms with van der Waals surface area (Å²) >= 11 is 0. The molecule has 0 aromatic carbocycles. The van der Waals surface area contributed by atoms with Crippen LogP contribution in [0.5, 0.6) is 0 Å². The van der Waals surface area contributed by atoms with Crippen LogP contribution in [-0.2, 0) is 14.3 Å². The lowest BCUT2D eigenvalue weighted by Crippen LogP contribution is -2.46. The molecule has 328 valence electrons. The van der Waals surface area contributed by atoms with E-state index in [1.54, 1.807) is 0 Å². The van der Waals surface area contributed by atoms with Crippen LogP contribution in [0.25, 0.3) is 0 Å². The van der Waals surface area contributed by atoms with Crippen LogP contribution in [0.1, 0.15) is 181 Å². The third-order valence-corrected chi connectivity index (χ3v) is 9.69. The molecule has 3 unspecified atom stereocenters. The molecule has 3 atom stereocenters. The van der Waals surface area contributed by atoms with Crippen LogP contribution in [0.4, 0.5) is 0 Å². The number of carbonyl (C=O) groups is 2. The summed E-state index contributed by atoms with van der Waals surface area (Å²) < 4.78 is 5.82. The molecule has 6 heteroatoms. The summed E-state index contributed by atoms with van der Waals surface area (Å²) in [6.07, 6.45) is 60.2. The molecule has 0 aromatic heterocycles. The van der Waals surface area contributed by atoms with Crippen LogP contribution in [0.15, 0.2) is 109 Å². The Morgan fingerprint density at radius 1 is 0.552 bits per heavy atom. The molecule has 0 aliphatic carbocycles. The normalized spacial score (nSPS) is 14.4. The zero-order valence-electron chi connectivity index (χ0n) is 37.1. The third-order valence-electron chi connectivity index (χ3n) is 9.69. The number of aliphatic hydroxyl groups is 2. The van der Waals surface area contributed by atoms with Crippen molar-refractivity contribution in [2.45, 2.75) is 200 Å². The molecule has 0 aliphatic heterocycles. The third kappa shape index (κ3) is 39.4. The maximum atomic E-state index is 13.1. The second kappa shape index (κ2) is 44.6. The van der Waals surface area contributed by atoms with Gasteiger partial charge < -0.3 is 20.3 Å². The second-order valence-electron chi connectivity index (χ2n) is 15.1. The van der Waals surface area contributed by atoms with Gasteiger partial charge in [0.25, 0.3) is 0 Å². The number of allylic oxidation sites excluding steroid dienone is 17. The SMILES string of the molecule is CC/C=C\C/C=C\C/C=C\C/C=C\C/C=C\CC(CC(=O)NC(CO)C(O)CCCCCCCCCCCCC)OC(=O)CCCCC\C=C/C=C\C=C\C=C\CC. The molecule has 0 fully saturated rings. The highest BCUT2D eigenvalue weighted by atomic mass is 16.5. The lowest BCUT2D eigenvalue weighted by Gasteiger charge is -2.24.